The molecule has 4 nitrogen and oxygen atoms in total. The van der Waals surface area contributed by atoms with Crippen LogP contribution in [0, 0.1) is 0 Å². The fraction of sp³-hybridized carbons (Fsp3) is 0.308. The minimum atomic E-state index is 0.848. The number of anilines is 1. The van der Waals surface area contributed by atoms with Crippen molar-refractivity contribution in [3.63, 3.8) is 0 Å². The van der Waals surface area contributed by atoms with Crippen LogP contribution in [0.15, 0.2) is 34.9 Å². The number of hydrogen-bond donors (Lipinski definition) is 1. The Bertz CT molecular complexity index is 525. The van der Waals surface area contributed by atoms with Crippen LogP contribution in [0.3, 0.4) is 0 Å². The lowest BCUT2D eigenvalue weighted by atomic mass is 10.2. The van der Waals surface area contributed by atoms with Gasteiger partial charge < -0.3 is 10.1 Å². The second-order valence-electron chi connectivity index (χ2n) is 3.97. The van der Waals surface area contributed by atoms with Crippen molar-refractivity contribution in [3.05, 3.63) is 40.6 Å². The van der Waals surface area contributed by atoms with Crippen LogP contribution in [0.2, 0.25) is 0 Å². The van der Waals surface area contributed by atoms with Crippen LogP contribution in [0.1, 0.15) is 5.69 Å². The Hall–Kier alpha value is -1.49. The van der Waals surface area contributed by atoms with Gasteiger partial charge in [-0.25, -0.2) is 0 Å². The van der Waals surface area contributed by atoms with E-state index in [4.69, 9.17) is 4.74 Å². The fourth-order valence-electron chi connectivity index (χ4n) is 1.74. The zero-order valence-corrected chi connectivity index (χ0v) is 12.1. The molecule has 0 saturated heterocycles. The van der Waals surface area contributed by atoms with Crippen LogP contribution >= 0.6 is 15.9 Å². The highest BCUT2D eigenvalue weighted by Crippen LogP contribution is 2.26. The molecule has 0 aliphatic carbocycles. The lowest BCUT2D eigenvalue weighted by Crippen LogP contribution is -2.08. The maximum absolute atomic E-state index is 5.21. The average Bonchev–Trinajstić information content (AvgIpc) is 2.77. The zero-order valence-electron chi connectivity index (χ0n) is 10.5. The zero-order chi connectivity index (χ0) is 13.0. The number of nitrogens with zero attached hydrogens (tertiary/aromatic N) is 2. The molecule has 0 aliphatic rings. The van der Waals surface area contributed by atoms with Gasteiger partial charge in [-0.15, -0.1) is 0 Å². The molecule has 0 radical (unpaired) electrons. The van der Waals surface area contributed by atoms with E-state index in [2.05, 4.69) is 26.3 Å². The smallest absolute Gasteiger partial charge is 0.121 e. The van der Waals surface area contributed by atoms with Crippen molar-refractivity contribution in [2.24, 2.45) is 7.05 Å². The Morgan fingerprint density at radius 3 is 2.89 bits per heavy atom. The van der Waals surface area contributed by atoms with Crippen LogP contribution in [0.5, 0.6) is 5.75 Å². The van der Waals surface area contributed by atoms with Crippen LogP contribution in [-0.4, -0.2) is 23.4 Å². The molecule has 0 atom stereocenters. The first-order valence-electron chi connectivity index (χ1n) is 5.75. The minimum Gasteiger partial charge on any atom is -0.497 e. The van der Waals surface area contributed by atoms with Gasteiger partial charge in [-0.1, -0.05) is 0 Å². The number of ether oxygens (including phenoxy) is 1. The number of rotatable bonds is 5. The molecular formula is C13H16BrN3O. The van der Waals surface area contributed by atoms with Gasteiger partial charge in [-0.3, -0.25) is 4.68 Å². The maximum Gasteiger partial charge on any atom is 0.121 e. The van der Waals surface area contributed by atoms with Gasteiger partial charge >= 0.3 is 0 Å². The molecule has 0 fully saturated rings. The topological polar surface area (TPSA) is 39.1 Å². The Balaban J connectivity index is 1.96. The predicted molar refractivity (Wildman–Crippen MR) is 76.1 cm³/mol. The van der Waals surface area contributed by atoms with E-state index in [0.717, 1.165) is 28.9 Å². The number of benzene rings is 1. The van der Waals surface area contributed by atoms with Crippen molar-refractivity contribution in [2.75, 3.05) is 19.0 Å². The number of aromatic nitrogens is 2. The van der Waals surface area contributed by atoms with Gasteiger partial charge in [0.25, 0.3) is 0 Å². The summed E-state index contributed by atoms with van der Waals surface area (Å²) in [6, 6.07) is 7.91. The highest BCUT2D eigenvalue weighted by Gasteiger charge is 2.03. The molecule has 96 valence electrons. The van der Waals surface area contributed by atoms with Gasteiger partial charge in [-0.2, -0.15) is 5.10 Å². The van der Waals surface area contributed by atoms with Crippen LogP contribution in [0.25, 0.3) is 0 Å². The van der Waals surface area contributed by atoms with Gasteiger partial charge in [0.1, 0.15) is 5.75 Å². The molecule has 1 N–H and O–H groups in total. The van der Waals surface area contributed by atoms with Gasteiger partial charge in [0.15, 0.2) is 0 Å². The molecule has 1 aromatic heterocycles. The average molecular weight is 310 g/mol. The monoisotopic (exact) mass is 309 g/mol. The van der Waals surface area contributed by atoms with E-state index >= 15 is 0 Å². The normalized spacial score (nSPS) is 10.4. The van der Waals surface area contributed by atoms with E-state index in [1.807, 2.05) is 42.2 Å². The molecule has 0 unspecified atom stereocenters. The summed E-state index contributed by atoms with van der Waals surface area (Å²) in [5.74, 6) is 0.848. The molecular weight excluding hydrogens is 294 g/mol. The minimum absolute atomic E-state index is 0.848. The van der Waals surface area contributed by atoms with E-state index < -0.39 is 0 Å². The van der Waals surface area contributed by atoms with E-state index in [1.165, 1.54) is 5.69 Å². The Kier molecular flexibility index (Phi) is 4.25. The van der Waals surface area contributed by atoms with Crippen molar-refractivity contribution in [3.8, 4) is 5.75 Å². The van der Waals surface area contributed by atoms with Gasteiger partial charge in [-0.05, 0) is 34.1 Å². The molecule has 0 saturated carbocycles. The Morgan fingerprint density at radius 1 is 1.39 bits per heavy atom. The van der Waals surface area contributed by atoms with Crippen molar-refractivity contribution < 1.29 is 4.74 Å². The van der Waals surface area contributed by atoms with Gasteiger partial charge in [0.2, 0.25) is 0 Å². The van der Waals surface area contributed by atoms with E-state index in [1.54, 1.807) is 7.11 Å². The van der Waals surface area contributed by atoms with Crippen molar-refractivity contribution >= 4 is 21.6 Å². The highest BCUT2D eigenvalue weighted by molar-refractivity contribution is 9.10. The van der Waals surface area contributed by atoms with Crippen molar-refractivity contribution in [1.82, 2.24) is 9.78 Å². The summed E-state index contributed by atoms with van der Waals surface area (Å²) in [4.78, 5) is 0. The van der Waals surface area contributed by atoms with E-state index in [9.17, 15) is 0 Å². The summed E-state index contributed by atoms with van der Waals surface area (Å²) in [7, 11) is 3.62. The molecule has 2 rings (SSSR count). The molecule has 1 heterocycles. The quantitative estimate of drug-likeness (QED) is 0.923. The third-order valence-electron chi connectivity index (χ3n) is 2.79. The summed E-state index contributed by atoms with van der Waals surface area (Å²) in [5, 5.41) is 7.53. The van der Waals surface area contributed by atoms with E-state index in [-0.39, 0.29) is 0 Å². The standard InChI is InChI=1S/C13H16BrN3O/c1-17-10(6-8-16-17)5-7-15-13-9-11(18-2)3-4-12(13)14/h3-4,6,8-9,15H,5,7H2,1-2H3. The largest absolute Gasteiger partial charge is 0.497 e. The summed E-state index contributed by atoms with van der Waals surface area (Å²) >= 11 is 3.52. The first-order chi connectivity index (χ1) is 8.70. The summed E-state index contributed by atoms with van der Waals surface area (Å²) < 4.78 is 8.13. The molecule has 18 heavy (non-hydrogen) atoms. The number of nitrogens with one attached hydrogen (secondary N) is 1. The number of methoxy groups -OCH3 is 1. The summed E-state index contributed by atoms with van der Waals surface area (Å²) in [6.45, 7) is 0.852. The summed E-state index contributed by atoms with van der Waals surface area (Å²) in [5.41, 5.74) is 2.25. The molecule has 0 amide bonds. The first-order valence-corrected chi connectivity index (χ1v) is 6.54. The molecule has 0 bridgehead atoms. The van der Waals surface area contributed by atoms with Crippen LogP contribution in [0.4, 0.5) is 5.69 Å². The van der Waals surface area contributed by atoms with Crippen LogP contribution < -0.4 is 10.1 Å². The predicted octanol–water partition coefficient (Wildman–Crippen LogP) is 2.85. The fourth-order valence-corrected chi connectivity index (χ4v) is 2.13. The van der Waals surface area contributed by atoms with Gasteiger partial charge in [0, 0.05) is 42.4 Å². The van der Waals surface area contributed by atoms with Crippen molar-refractivity contribution in [2.45, 2.75) is 6.42 Å². The molecule has 1 aromatic carbocycles. The second kappa shape index (κ2) is 5.91. The third kappa shape index (κ3) is 3.04. The molecule has 0 aliphatic heterocycles. The number of aryl methyl sites for hydroxylation is 1. The molecule has 5 heteroatoms. The first kappa shape index (κ1) is 13.0. The van der Waals surface area contributed by atoms with Gasteiger partial charge in [0.05, 0.1) is 12.8 Å². The van der Waals surface area contributed by atoms with Crippen LogP contribution in [-0.2, 0) is 13.5 Å². The van der Waals surface area contributed by atoms with E-state index in [0.29, 0.717) is 0 Å². The lowest BCUT2D eigenvalue weighted by molar-refractivity contribution is 0.415. The number of halogens is 1. The maximum atomic E-state index is 5.21. The molecule has 2 aromatic rings. The number of hydrogen-bond acceptors (Lipinski definition) is 3. The second-order valence-corrected chi connectivity index (χ2v) is 4.82. The summed E-state index contributed by atoms with van der Waals surface area (Å²) in [6.07, 6.45) is 2.75. The Labute approximate surface area is 115 Å². The SMILES string of the molecule is COc1ccc(Br)c(NCCc2ccnn2C)c1. The third-order valence-corrected chi connectivity index (χ3v) is 3.48. The Morgan fingerprint density at radius 2 is 2.22 bits per heavy atom. The highest BCUT2D eigenvalue weighted by atomic mass is 79.9. The lowest BCUT2D eigenvalue weighted by Gasteiger charge is -2.10. The van der Waals surface area contributed by atoms with Crippen molar-refractivity contribution in [1.29, 1.82) is 0 Å². The molecule has 0 spiro atoms.